The van der Waals surface area contributed by atoms with Crippen molar-refractivity contribution >= 4 is 54.8 Å². The van der Waals surface area contributed by atoms with Crippen molar-refractivity contribution in [1.82, 2.24) is 8.87 Å². The summed E-state index contributed by atoms with van der Waals surface area (Å²) < 4.78 is 29.7. The molecule has 1 aromatic heterocycles. The average Bonchev–Trinajstić information content (AvgIpc) is 3.05. The fourth-order valence-corrected chi connectivity index (χ4v) is 5.68. The maximum atomic E-state index is 13.1. The molecule has 4 rings (SSSR count). The molecular formula is C22H18Cl2N2O3S2. The second-order valence-electron chi connectivity index (χ2n) is 7.10. The fourth-order valence-electron chi connectivity index (χ4n) is 3.24. The molecule has 0 amide bonds. The first-order chi connectivity index (χ1) is 14.7. The van der Waals surface area contributed by atoms with E-state index in [-0.39, 0.29) is 16.3 Å². The van der Waals surface area contributed by atoms with Gasteiger partial charge < -0.3 is 0 Å². The number of fused-ring (bicyclic) bond motifs is 1. The second-order valence-corrected chi connectivity index (χ2v) is 11.0. The van der Waals surface area contributed by atoms with E-state index in [2.05, 4.69) is 0 Å². The molecule has 4 aromatic rings. The average molecular weight is 493 g/mol. The molecule has 0 saturated heterocycles. The Bertz CT molecular complexity index is 1390. The van der Waals surface area contributed by atoms with Gasteiger partial charge in [0.1, 0.15) is 0 Å². The summed E-state index contributed by atoms with van der Waals surface area (Å²) in [5.74, 6) is 0. The molecule has 0 radical (unpaired) electrons. The highest BCUT2D eigenvalue weighted by atomic mass is 35.5. The minimum absolute atomic E-state index is 0.144. The number of hydrogen-bond acceptors (Lipinski definition) is 4. The molecule has 0 fully saturated rings. The number of benzene rings is 3. The molecule has 0 saturated carbocycles. The monoisotopic (exact) mass is 492 g/mol. The van der Waals surface area contributed by atoms with Gasteiger partial charge in [0.2, 0.25) is 10.0 Å². The van der Waals surface area contributed by atoms with Crippen LogP contribution in [0.3, 0.4) is 0 Å². The second kappa shape index (κ2) is 8.76. The van der Waals surface area contributed by atoms with Crippen LogP contribution in [-0.2, 0) is 23.1 Å². The topological polar surface area (TPSA) is 59.4 Å². The molecule has 0 spiro atoms. The van der Waals surface area contributed by atoms with Gasteiger partial charge in [-0.1, -0.05) is 58.8 Å². The summed E-state index contributed by atoms with van der Waals surface area (Å²) in [6, 6.07) is 19.1. The first kappa shape index (κ1) is 22.0. The summed E-state index contributed by atoms with van der Waals surface area (Å²) in [5, 5.41) is 1.22. The highest BCUT2D eigenvalue weighted by molar-refractivity contribution is 7.89. The Morgan fingerprint density at radius 2 is 1.48 bits per heavy atom. The summed E-state index contributed by atoms with van der Waals surface area (Å²) in [6.45, 7) is 0.601. The van der Waals surface area contributed by atoms with Crippen LogP contribution in [-0.4, -0.2) is 24.3 Å². The Balaban J connectivity index is 1.63. The van der Waals surface area contributed by atoms with Crippen molar-refractivity contribution in [2.75, 3.05) is 7.05 Å². The van der Waals surface area contributed by atoms with Crippen molar-refractivity contribution in [3.63, 3.8) is 0 Å². The van der Waals surface area contributed by atoms with Crippen LogP contribution in [0.1, 0.15) is 11.1 Å². The molecule has 0 aliphatic heterocycles. The first-order valence-corrected chi connectivity index (χ1v) is 12.3. The minimum atomic E-state index is -3.72. The highest BCUT2D eigenvalue weighted by Gasteiger charge is 2.22. The standard InChI is InChI=1S/C22H18Cl2N2O3S2/c1-25(13-15-2-6-17(23)7-3-15)31(28,29)19-10-11-20-21(12-19)30-22(27)26(20)14-16-4-8-18(24)9-5-16/h2-12H,13-14H2,1H3. The predicted octanol–water partition coefficient (Wildman–Crippen LogP) is 5.24. The molecule has 31 heavy (non-hydrogen) atoms. The predicted molar refractivity (Wildman–Crippen MR) is 127 cm³/mol. The van der Waals surface area contributed by atoms with E-state index in [0.717, 1.165) is 22.5 Å². The van der Waals surface area contributed by atoms with Crippen molar-refractivity contribution < 1.29 is 8.42 Å². The van der Waals surface area contributed by atoms with Crippen LogP contribution in [0.4, 0.5) is 0 Å². The molecule has 9 heteroatoms. The normalized spacial score (nSPS) is 12.0. The lowest BCUT2D eigenvalue weighted by Crippen LogP contribution is -2.26. The Labute approximate surface area is 194 Å². The van der Waals surface area contributed by atoms with Gasteiger partial charge in [0.25, 0.3) is 0 Å². The summed E-state index contributed by atoms with van der Waals surface area (Å²) >= 11 is 12.9. The highest BCUT2D eigenvalue weighted by Crippen LogP contribution is 2.25. The van der Waals surface area contributed by atoms with Crippen LogP contribution in [0.5, 0.6) is 0 Å². The van der Waals surface area contributed by atoms with Crippen LogP contribution in [0.2, 0.25) is 10.0 Å². The Morgan fingerprint density at radius 1 is 0.903 bits per heavy atom. The summed E-state index contributed by atoms with van der Waals surface area (Å²) in [5.41, 5.74) is 2.46. The third-order valence-corrected chi connectivity index (χ3v) is 8.17. The van der Waals surface area contributed by atoms with Gasteiger partial charge in [0, 0.05) is 23.6 Å². The van der Waals surface area contributed by atoms with Gasteiger partial charge >= 0.3 is 4.87 Å². The van der Waals surface area contributed by atoms with Crippen LogP contribution < -0.4 is 4.87 Å². The van der Waals surface area contributed by atoms with Crippen molar-refractivity contribution in [3.05, 3.63) is 97.6 Å². The lowest BCUT2D eigenvalue weighted by molar-refractivity contribution is 0.467. The number of rotatable bonds is 6. The van der Waals surface area contributed by atoms with Crippen molar-refractivity contribution in [2.45, 2.75) is 18.0 Å². The van der Waals surface area contributed by atoms with E-state index >= 15 is 0 Å². The van der Waals surface area contributed by atoms with Crippen molar-refractivity contribution in [3.8, 4) is 0 Å². The molecule has 0 atom stereocenters. The van der Waals surface area contributed by atoms with E-state index in [1.165, 1.54) is 11.4 Å². The van der Waals surface area contributed by atoms with Gasteiger partial charge in [-0.05, 0) is 53.6 Å². The zero-order chi connectivity index (χ0) is 22.2. The van der Waals surface area contributed by atoms with Gasteiger partial charge in [-0.25, -0.2) is 8.42 Å². The Hall–Kier alpha value is -2.16. The molecule has 0 N–H and O–H groups in total. The fraction of sp³-hybridized carbons (Fsp3) is 0.136. The first-order valence-electron chi connectivity index (χ1n) is 9.33. The van der Waals surface area contributed by atoms with Gasteiger partial charge in [0.05, 0.1) is 21.7 Å². The van der Waals surface area contributed by atoms with E-state index in [9.17, 15) is 13.2 Å². The zero-order valence-corrected chi connectivity index (χ0v) is 19.6. The summed E-state index contributed by atoms with van der Waals surface area (Å²) in [6.07, 6.45) is 0. The van der Waals surface area contributed by atoms with Crippen LogP contribution in [0.25, 0.3) is 10.2 Å². The van der Waals surface area contributed by atoms with Gasteiger partial charge in [-0.15, -0.1) is 0 Å². The third-order valence-electron chi connectivity index (χ3n) is 4.92. The van der Waals surface area contributed by atoms with Gasteiger partial charge in [-0.3, -0.25) is 9.36 Å². The molecule has 0 aliphatic carbocycles. The summed E-state index contributed by atoms with van der Waals surface area (Å²) in [4.78, 5) is 12.6. The molecule has 0 unspecified atom stereocenters. The van der Waals surface area contributed by atoms with Crippen LogP contribution in [0.15, 0.2) is 76.4 Å². The third kappa shape index (κ3) is 4.71. The maximum absolute atomic E-state index is 13.1. The Morgan fingerprint density at radius 3 is 2.10 bits per heavy atom. The van der Waals surface area contributed by atoms with Crippen molar-refractivity contribution in [2.24, 2.45) is 0 Å². The molecule has 3 aromatic carbocycles. The quantitative estimate of drug-likeness (QED) is 0.369. The number of thiazole rings is 1. The van der Waals surface area contributed by atoms with E-state index < -0.39 is 10.0 Å². The van der Waals surface area contributed by atoms with Crippen molar-refractivity contribution in [1.29, 1.82) is 0 Å². The van der Waals surface area contributed by atoms with Crippen LogP contribution >= 0.6 is 34.5 Å². The summed E-state index contributed by atoms with van der Waals surface area (Å²) in [7, 11) is -2.19. The van der Waals surface area contributed by atoms with E-state index in [1.54, 1.807) is 59.2 Å². The smallest absolute Gasteiger partial charge is 0.294 e. The molecule has 1 heterocycles. The van der Waals surface area contributed by atoms with E-state index in [1.807, 2.05) is 12.1 Å². The number of sulfonamides is 1. The Kier molecular flexibility index (Phi) is 6.23. The van der Waals surface area contributed by atoms with Gasteiger partial charge in [-0.2, -0.15) is 4.31 Å². The lowest BCUT2D eigenvalue weighted by Gasteiger charge is -2.17. The number of halogens is 2. The molecule has 0 bridgehead atoms. The molecule has 160 valence electrons. The van der Waals surface area contributed by atoms with Gasteiger partial charge in [0.15, 0.2) is 0 Å². The van der Waals surface area contributed by atoms with E-state index in [4.69, 9.17) is 23.2 Å². The zero-order valence-electron chi connectivity index (χ0n) is 16.5. The van der Waals surface area contributed by atoms with E-state index in [0.29, 0.717) is 26.8 Å². The molecule has 5 nitrogen and oxygen atoms in total. The maximum Gasteiger partial charge on any atom is 0.308 e. The van der Waals surface area contributed by atoms with Crippen LogP contribution in [0, 0.1) is 0 Å². The minimum Gasteiger partial charge on any atom is -0.294 e. The SMILES string of the molecule is CN(Cc1ccc(Cl)cc1)S(=O)(=O)c1ccc2c(c1)sc(=O)n2Cc1ccc(Cl)cc1. The molecular weight excluding hydrogens is 475 g/mol. The number of nitrogens with zero attached hydrogens (tertiary/aromatic N) is 2. The number of hydrogen-bond donors (Lipinski definition) is 0. The largest absolute Gasteiger partial charge is 0.308 e. The molecule has 0 aliphatic rings. The number of aromatic nitrogens is 1. The lowest BCUT2D eigenvalue weighted by atomic mass is 10.2.